The van der Waals surface area contributed by atoms with Gasteiger partial charge in [-0.2, -0.15) is 0 Å². The smallest absolute Gasteiger partial charge is 0.265 e. The van der Waals surface area contributed by atoms with E-state index in [-0.39, 0.29) is 17.7 Å². The Morgan fingerprint density at radius 2 is 1.93 bits per heavy atom. The normalized spacial score (nSPS) is 16.0. The van der Waals surface area contributed by atoms with Crippen molar-refractivity contribution in [3.63, 3.8) is 0 Å². The molecule has 2 aromatic heterocycles. The molecule has 9 heteroatoms. The van der Waals surface area contributed by atoms with Crippen LogP contribution in [0.1, 0.15) is 41.4 Å². The molecule has 8 nitrogen and oxygen atoms in total. The highest BCUT2D eigenvalue weighted by molar-refractivity contribution is 7.18. The molecular formula is C19H18N6O2S. The van der Waals surface area contributed by atoms with Crippen LogP contribution in [0.5, 0.6) is 0 Å². The number of aromatic nitrogens is 4. The van der Waals surface area contributed by atoms with E-state index in [9.17, 15) is 9.59 Å². The Morgan fingerprint density at radius 1 is 1.07 bits per heavy atom. The maximum atomic E-state index is 12.6. The van der Waals surface area contributed by atoms with Crippen molar-refractivity contribution in [2.75, 3.05) is 10.6 Å². The summed E-state index contributed by atoms with van der Waals surface area (Å²) in [7, 11) is 0. The molecule has 2 saturated carbocycles. The van der Waals surface area contributed by atoms with Gasteiger partial charge < -0.3 is 10.6 Å². The maximum Gasteiger partial charge on any atom is 0.265 e. The van der Waals surface area contributed by atoms with E-state index in [2.05, 4.69) is 26.2 Å². The summed E-state index contributed by atoms with van der Waals surface area (Å²) in [4.78, 5) is 25.0. The first-order chi connectivity index (χ1) is 13.7. The first-order valence-corrected chi connectivity index (χ1v) is 10.1. The van der Waals surface area contributed by atoms with Crippen molar-refractivity contribution in [2.45, 2.75) is 31.7 Å². The molecule has 0 unspecified atom stereocenters. The third-order valence-electron chi connectivity index (χ3n) is 4.79. The van der Waals surface area contributed by atoms with Gasteiger partial charge in [0.1, 0.15) is 0 Å². The molecule has 28 heavy (non-hydrogen) atoms. The highest BCUT2D eigenvalue weighted by atomic mass is 32.1. The standard InChI is InChI=1S/C19H18N6O2S/c26-18(11-4-5-11)21-16-9-8-15(28-16)19(27)20-13-3-1-2-12(10-13)17-22-23-24-25(17)14-6-7-14/h1-3,8-11,14H,4-7H2,(H,20,27)(H,21,26). The van der Waals surface area contributed by atoms with Crippen LogP contribution in [0.2, 0.25) is 0 Å². The van der Waals surface area contributed by atoms with Gasteiger partial charge in [0.05, 0.1) is 15.9 Å². The summed E-state index contributed by atoms with van der Waals surface area (Å²) < 4.78 is 1.84. The highest BCUT2D eigenvalue weighted by Crippen LogP contribution is 2.37. The second kappa shape index (κ2) is 6.83. The number of nitrogens with one attached hydrogen (secondary N) is 2. The molecule has 0 spiro atoms. The summed E-state index contributed by atoms with van der Waals surface area (Å²) in [5, 5.41) is 18.5. The summed E-state index contributed by atoms with van der Waals surface area (Å²) in [5.41, 5.74) is 1.53. The third kappa shape index (κ3) is 3.53. The summed E-state index contributed by atoms with van der Waals surface area (Å²) in [5.74, 6) is 0.667. The lowest BCUT2D eigenvalue weighted by Crippen LogP contribution is -2.12. The molecule has 1 aromatic carbocycles. The molecule has 0 atom stereocenters. The van der Waals surface area contributed by atoms with Gasteiger partial charge in [-0.1, -0.05) is 12.1 Å². The summed E-state index contributed by atoms with van der Waals surface area (Å²) in [6, 6.07) is 11.4. The van der Waals surface area contributed by atoms with Crippen molar-refractivity contribution >= 4 is 33.8 Å². The topological polar surface area (TPSA) is 102 Å². The molecule has 0 radical (unpaired) electrons. The fourth-order valence-corrected chi connectivity index (χ4v) is 3.78. The van der Waals surface area contributed by atoms with E-state index >= 15 is 0 Å². The van der Waals surface area contributed by atoms with Crippen LogP contribution in [-0.4, -0.2) is 32.0 Å². The van der Waals surface area contributed by atoms with Gasteiger partial charge in [0.25, 0.3) is 5.91 Å². The Morgan fingerprint density at radius 3 is 2.71 bits per heavy atom. The molecule has 2 aliphatic rings. The van der Waals surface area contributed by atoms with Crippen molar-refractivity contribution in [1.29, 1.82) is 0 Å². The first-order valence-electron chi connectivity index (χ1n) is 9.28. The zero-order valence-corrected chi connectivity index (χ0v) is 15.8. The number of hydrogen-bond donors (Lipinski definition) is 2. The second-order valence-electron chi connectivity index (χ2n) is 7.14. The van der Waals surface area contributed by atoms with Crippen LogP contribution in [0.25, 0.3) is 11.4 Å². The SMILES string of the molecule is O=C(Nc1cccc(-c2nnnn2C2CC2)c1)c1ccc(NC(=O)C2CC2)s1. The number of nitrogens with zero attached hydrogens (tertiary/aromatic N) is 4. The van der Waals surface area contributed by atoms with E-state index in [4.69, 9.17) is 0 Å². The largest absolute Gasteiger partial charge is 0.321 e. The number of carbonyl (C=O) groups is 2. The fraction of sp³-hybridized carbons (Fsp3) is 0.316. The van der Waals surface area contributed by atoms with Gasteiger partial charge in [-0.25, -0.2) is 4.68 Å². The van der Waals surface area contributed by atoms with Crippen LogP contribution in [0.15, 0.2) is 36.4 Å². The van der Waals surface area contributed by atoms with E-state index in [1.54, 1.807) is 12.1 Å². The lowest BCUT2D eigenvalue weighted by molar-refractivity contribution is -0.117. The Balaban J connectivity index is 1.29. The number of carbonyl (C=O) groups excluding carboxylic acids is 2. The molecule has 2 aliphatic carbocycles. The Bertz CT molecular complexity index is 1050. The quantitative estimate of drug-likeness (QED) is 0.668. The van der Waals surface area contributed by atoms with Crippen LogP contribution < -0.4 is 10.6 Å². The molecule has 5 rings (SSSR count). The summed E-state index contributed by atoms with van der Waals surface area (Å²) in [6.45, 7) is 0. The van der Waals surface area contributed by atoms with Crippen molar-refractivity contribution < 1.29 is 9.59 Å². The van der Waals surface area contributed by atoms with E-state index in [0.717, 1.165) is 31.2 Å². The molecule has 2 N–H and O–H groups in total. The van der Waals surface area contributed by atoms with E-state index in [1.165, 1.54) is 11.3 Å². The van der Waals surface area contributed by atoms with Gasteiger partial charge in [0, 0.05) is 17.2 Å². The minimum Gasteiger partial charge on any atom is -0.321 e. The van der Waals surface area contributed by atoms with Crippen LogP contribution in [0.3, 0.4) is 0 Å². The fourth-order valence-electron chi connectivity index (χ4n) is 2.97. The molecular weight excluding hydrogens is 376 g/mol. The van der Waals surface area contributed by atoms with Gasteiger partial charge in [-0.3, -0.25) is 9.59 Å². The highest BCUT2D eigenvalue weighted by Gasteiger charge is 2.30. The number of tetrazole rings is 1. The van der Waals surface area contributed by atoms with E-state index in [1.807, 2.05) is 28.9 Å². The molecule has 2 amide bonds. The van der Waals surface area contributed by atoms with Gasteiger partial charge in [0.2, 0.25) is 5.91 Å². The van der Waals surface area contributed by atoms with Gasteiger partial charge in [0.15, 0.2) is 5.82 Å². The first kappa shape index (κ1) is 17.1. The second-order valence-corrected chi connectivity index (χ2v) is 8.22. The zero-order chi connectivity index (χ0) is 19.1. The monoisotopic (exact) mass is 394 g/mol. The molecule has 2 heterocycles. The molecule has 0 aliphatic heterocycles. The predicted octanol–water partition coefficient (Wildman–Crippen LogP) is 3.34. The van der Waals surface area contributed by atoms with Gasteiger partial charge >= 0.3 is 0 Å². The lowest BCUT2D eigenvalue weighted by atomic mass is 10.2. The molecule has 0 bridgehead atoms. The van der Waals surface area contributed by atoms with E-state index in [0.29, 0.717) is 27.4 Å². The third-order valence-corrected chi connectivity index (χ3v) is 5.79. The van der Waals surface area contributed by atoms with Crippen molar-refractivity contribution in [3.05, 3.63) is 41.3 Å². The van der Waals surface area contributed by atoms with Gasteiger partial charge in [-0.15, -0.1) is 16.4 Å². The average Bonchev–Trinajstić information content (AvgIpc) is 3.63. The van der Waals surface area contributed by atoms with Crippen LogP contribution in [-0.2, 0) is 4.79 Å². The Labute approximate surface area is 165 Å². The number of benzene rings is 1. The van der Waals surface area contributed by atoms with Crippen LogP contribution in [0.4, 0.5) is 10.7 Å². The summed E-state index contributed by atoms with van der Waals surface area (Å²) >= 11 is 1.27. The van der Waals surface area contributed by atoms with Crippen molar-refractivity contribution in [2.24, 2.45) is 5.92 Å². The number of thiophene rings is 1. The number of amides is 2. The van der Waals surface area contributed by atoms with Crippen molar-refractivity contribution in [3.8, 4) is 11.4 Å². The maximum absolute atomic E-state index is 12.6. The van der Waals surface area contributed by atoms with Crippen LogP contribution >= 0.6 is 11.3 Å². The molecule has 3 aromatic rings. The van der Waals surface area contributed by atoms with Crippen molar-refractivity contribution in [1.82, 2.24) is 20.2 Å². The number of hydrogen-bond acceptors (Lipinski definition) is 6. The minimum absolute atomic E-state index is 0.0369. The predicted molar refractivity (Wildman–Crippen MR) is 105 cm³/mol. The summed E-state index contributed by atoms with van der Waals surface area (Å²) in [6.07, 6.45) is 4.08. The molecule has 142 valence electrons. The zero-order valence-electron chi connectivity index (χ0n) is 15.0. The molecule has 2 fully saturated rings. The minimum atomic E-state index is -0.212. The number of anilines is 2. The van der Waals surface area contributed by atoms with Crippen LogP contribution in [0, 0.1) is 5.92 Å². The Kier molecular flexibility index (Phi) is 4.16. The number of rotatable bonds is 6. The molecule has 0 saturated heterocycles. The Hall–Kier alpha value is -3.07. The van der Waals surface area contributed by atoms with Gasteiger partial charge in [-0.05, 0) is 60.4 Å². The van der Waals surface area contributed by atoms with E-state index < -0.39 is 0 Å². The average molecular weight is 394 g/mol. The lowest BCUT2D eigenvalue weighted by Gasteiger charge is -2.07.